The quantitative estimate of drug-likeness (QED) is 0.859. The second kappa shape index (κ2) is 5.52. The van der Waals surface area contributed by atoms with Gasteiger partial charge in [0.2, 0.25) is 0 Å². The number of rotatable bonds is 3. The van der Waals surface area contributed by atoms with Gasteiger partial charge in [-0.25, -0.2) is 0 Å². The molecule has 126 valence electrons. The Morgan fingerprint density at radius 3 is 2.48 bits per heavy atom. The van der Waals surface area contributed by atoms with E-state index in [0.717, 1.165) is 30.9 Å². The van der Waals surface area contributed by atoms with Crippen molar-refractivity contribution in [3.05, 3.63) is 23.8 Å². The molecule has 1 aliphatic heterocycles. The Bertz CT molecular complexity index is 625. The molecule has 2 atom stereocenters. The van der Waals surface area contributed by atoms with Gasteiger partial charge in [0, 0.05) is 23.3 Å². The van der Waals surface area contributed by atoms with Gasteiger partial charge in [-0.15, -0.1) is 0 Å². The molecule has 2 unspecified atom stereocenters. The Morgan fingerprint density at radius 1 is 1.13 bits per heavy atom. The number of fused-ring (bicyclic) bond motifs is 1. The summed E-state index contributed by atoms with van der Waals surface area (Å²) in [5.41, 5.74) is 0.965. The topological polar surface area (TPSA) is 38.8 Å². The minimum Gasteiger partial charge on any atom is -0.493 e. The monoisotopic (exact) mass is 317 g/mol. The first-order valence-electron chi connectivity index (χ1n) is 8.33. The van der Waals surface area contributed by atoms with Gasteiger partial charge in [-0.1, -0.05) is 19.9 Å². The summed E-state index contributed by atoms with van der Waals surface area (Å²) in [6, 6.07) is 6.48. The SMILES string of the molecule is COc1ccc(C23CCC(=O)C(C)(C)C2N(C)CC3)cc1OC. The zero-order chi connectivity index (χ0) is 16.8. The molecule has 1 aromatic carbocycles. The Hall–Kier alpha value is -1.55. The van der Waals surface area contributed by atoms with Crippen molar-refractivity contribution in [1.29, 1.82) is 0 Å². The highest BCUT2D eigenvalue weighted by molar-refractivity contribution is 5.86. The standard InChI is InChI=1S/C19H27NO3/c1-18(2)16(21)8-9-19(10-11-20(3)17(18)19)13-6-7-14(22-4)15(12-13)23-5/h6-7,12,17H,8-11H2,1-5H3. The molecule has 0 aromatic heterocycles. The number of hydrogen-bond donors (Lipinski definition) is 0. The van der Waals surface area contributed by atoms with Gasteiger partial charge in [-0.2, -0.15) is 0 Å². The lowest BCUT2D eigenvalue weighted by Gasteiger charge is -2.50. The zero-order valence-corrected chi connectivity index (χ0v) is 14.8. The summed E-state index contributed by atoms with van der Waals surface area (Å²) >= 11 is 0. The van der Waals surface area contributed by atoms with Crippen LogP contribution in [0.3, 0.4) is 0 Å². The predicted octanol–water partition coefficient (Wildman–Crippen LogP) is 3.03. The summed E-state index contributed by atoms with van der Waals surface area (Å²) < 4.78 is 10.9. The van der Waals surface area contributed by atoms with Crippen molar-refractivity contribution in [1.82, 2.24) is 4.90 Å². The molecule has 2 fully saturated rings. The van der Waals surface area contributed by atoms with Crippen molar-refractivity contribution in [3.8, 4) is 11.5 Å². The van der Waals surface area contributed by atoms with Crippen LogP contribution in [0.1, 0.15) is 38.7 Å². The largest absolute Gasteiger partial charge is 0.493 e. The molecule has 1 aromatic rings. The Morgan fingerprint density at radius 2 is 1.83 bits per heavy atom. The molecular formula is C19H27NO3. The highest BCUT2D eigenvalue weighted by atomic mass is 16.5. The Kier molecular flexibility index (Phi) is 3.91. The van der Waals surface area contributed by atoms with Crippen LogP contribution in [0.15, 0.2) is 18.2 Å². The van der Waals surface area contributed by atoms with Crippen LogP contribution < -0.4 is 9.47 Å². The van der Waals surface area contributed by atoms with Gasteiger partial charge < -0.3 is 14.4 Å². The second-order valence-corrected chi connectivity index (χ2v) is 7.50. The summed E-state index contributed by atoms with van der Waals surface area (Å²) in [4.78, 5) is 14.9. The highest BCUT2D eigenvalue weighted by Gasteiger charge is 2.58. The third-order valence-corrected chi connectivity index (χ3v) is 6.03. The molecule has 3 rings (SSSR count). The van der Waals surface area contributed by atoms with Crippen molar-refractivity contribution in [2.45, 2.75) is 44.6 Å². The fourth-order valence-corrected chi connectivity index (χ4v) is 4.97. The third kappa shape index (κ3) is 2.26. The smallest absolute Gasteiger partial charge is 0.161 e. The fourth-order valence-electron chi connectivity index (χ4n) is 4.97. The summed E-state index contributed by atoms with van der Waals surface area (Å²) in [5.74, 6) is 1.90. The summed E-state index contributed by atoms with van der Waals surface area (Å²) in [6.45, 7) is 5.24. The van der Waals surface area contributed by atoms with Crippen molar-refractivity contribution in [3.63, 3.8) is 0 Å². The van der Waals surface area contributed by atoms with Crippen LogP contribution in [0.2, 0.25) is 0 Å². The average molecular weight is 317 g/mol. The van der Waals surface area contributed by atoms with Crippen molar-refractivity contribution in [2.24, 2.45) is 5.41 Å². The van der Waals surface area contributed by atoms with Gasteiger partial charge in [-0.3, -0.25) is 4.79 Å². The molecule has 1 heterocycles. The minimum atomic E-state index is -0.323. The summed E-state index contributed by atoms with van der Waals surface area (Å²) in [6.07, 6.45) is 2.66. The number of likely N-dealkylation sites (tertiary alicyclic amines) is 1. The lowest BCUT2D eigenvalue weighted by Crippen LogP contribution is -2.57. The molecule has 0 radical (unpaired) electrons. The number of hydrogen-bond acceptors (Lipinski definition) is 4. The Balaban J connectivity index is 2.11. The Labute approximate surface area is 138 Å². The first-order chi connectivity index (χ1) is 10.9. The number of methoxy groups -OCH3 is 2. The van der Waals surface area contributed by atoms with E-state index < -0.39 is 0 Å². The maximum atomic E-state index is 12.5. The van der Waals surface area contributed by atoms with E-state index in [1.807, 2.05) is 6.07 Å². The number of benzene rings is 1. The lowest BCUT2D eigenvalue weighted by atomic mass is 9.57. The maximum absolute atomic E-state index is 12.5. The number of carbonyl (C=O) groups is 1. The molecule has 0 amide bonds. The number of carbonyl (C=O) groups excluding carboxylic acids is 1. The fraction of sp³-hybridized carbons (Fsp3) is 0.632. The maximum Gasteiger partial charge on any atom is 0.161 e. The minimum absolute atomic E-state index is 0.0196. The van der Waals surface area contributed by atoms with Crippen molar-refractivity contribution in [2.75, 3.05) is 27.8 Å². The van der Waals surface area contributed by atoms with Gasteiger partial charge in [0.15, 0.2) is 11.5 Å². The molecule has 23 heavy (non-hydrogen) atoms. The van der Waals surface area contributed by atoms with Crippen LogP contribution in [0.5, 0.6) is 11.5 Å². The van der Waals surface area contributed by atoms with Crippen molar-refractivity contribution >= 4 is 5.78 Å². The van der Waals surface area contributed by atoms with Gasteiger partial charge in [0.05, 0.1) is 14.2 Å². The van der Waals surface area contributed by atoms with E-state index >= 15 is 0 Å². The number of ether oxygens (including phenoxy) is 2. The molecule has 2 aliphatic rings. The van der Waals surface area contributed by atoms with Crippen molar-refractivity contribution < 1.29 is 14.3 Å². The van der Waals surface area contributed by atoms with Gasteiger partial charge in [-0.05, 0) is 44.1 Å². The van der Waals surface area contributed by atoms with Crippen LogP contribution in [0.4, 0.5) is 0 Å². The van der Waals surface area contributed by atoms with Crippen LogP contribution >= 0.6 is 0 Å². The first kappa shape index (κ1) is 16.3. The van der Waals surface area contributed by atoms with Crippen LogP contribution in [0, 0.1) is 5.41 Å². The predicted molar refractivity (Wildman–Crippen MR) is 90.3 cm³/mol. The summed E-state index contributed by atoms with van der Waals surface area (Å²) in [5, 5.41) is 0. The van der Waals surface area contributed by atoms with E-state index in [1.165, 1.54) is 5.56 Å². The van der Waals surface area contributed by atoms with E-state index in [-0.39, 0.29) is 16.9 Å². The number of likely N-dealkylation sites (N-methyl/N-ethyl adjacent to an activating group) is 1. The molecule has 1 aliphatic carbocycles. The molecule has 0 N–H and O–H groups in total. The third-order valence-electron chi connectivity index (χ3n) is 6.03. The van der Waals surface area contributed by atoms with Gasteiger partial charge >= 0.3 is 0 Å². The first-order valence-corrected chi connectivity index (χ1v) is 8.33. The molecule has 0 spiro atoms. The molecule has 4 nitrogen and oxygen atoms in total. The summed E-state index contributed by atoms with van der Waals surface area (Å²) in [7, 11) is 5.48. The lowest BCUT2D eigenvalue weighted by molar-refractivity contribution is -0.135. The van der Waals surface area contributed by atoms with Crippen LogP contribution in [-0.4, -0.2) is 44.5 Å². The van der Waals surface area contributed by atoms with Crippen LogP contribution in [-0.2, 0) is 10.2 Å². The molecule has 0 bridgehead atoms. The molecule has 4 heteroatoms. The van der Waals surface area contributed by atoms with Crippen LogP contribution in [0.25, 0.3) is 0 Å². The number of nitrogens with zero attached hydrogens (tertiary/aromatic N) is 1. The second-order valence-electron chi connectivity index (χ2n) is 7.50. The zero-order valence-electron chi connectivity index (χ0n) is 14.8. The van der Waals surface area contributed by atoms with E-state index in [4.69, 9.17) is 9.47 Å². The van der Waals surface area contributed by atoms with Gasteiger partial charge in [0.1, 0.15) is 5.78 Å². The molecule has 1 saturated heterocycles. The normalized spacial score (nSPS) is 30.1. The van der Waals surface area contributed by atoms with E-state index in [2.05, 4.69) is 37.9 Å². The molecule has 1 saturated carbocycles. The van der Waals surface area contributed by atoms with Gasteiger partial charge in [0.25, 0.3) is 0 Å². The average Bonchev–Trinajstić information content (AvgIpc) is 2.90. The number of ketones is 1. The number of Topliss-reactive ketones (excluding diaryl/α,β-unsaturated/α-hetero) is 1. The van der Waals surface area contributed by atoms with E-state index in [9.17, 15) is 4.79 Å². The highest BCUT2D eigenvalue weighted by Crippen LogP contribution is 2.54. The van der Waals surface area contributed by atoms with E-state index in [0.29, 0.717) is 12.2 Å². The molecular weight excluding hydrogens is 290 g/mol. The van der Waals surface area contributed by atoms with E-state index in [1.54, 1.807) is 14.2 Å².